The molecule has 0 fully saturated rings. The van der Waals surface area contributed by atoms with E-state index in [2.05, 4.69) is 15.3 Å². The SMILES string of the molecule is CCN(CC(N)=O)c1nc(NC)nc2sccc12. The number of amides is 1. The van der Waals surface area contributed by atoms with Crippen molar-refractivity contribution in [1.29, 1.82) is 0 Å². The van der Waals surface area contributed by atoms with Gasteiger partial charge < -0.3 is 16.0 Å². The molecule has 3 N–H and O–H groups in total. The topological polar surface area (TPSA) is 84.1 Å². The molecular weight excluding hydrogens is 250 g/mol. The van der Waals surface area contributed by atoms with Crippen molar-refractivity contribution in [3.8, 4) is 0 Å². The third kappa shape index (κ3) is 2.35. The van der Waals surface area contributed by atoms with Crippen molar-refractivity contribution in [3.05, 3.63) is 11.4 Å². The molecule has 0 aromatic carbocycles. The predicted octanol–water partition coefficient (Wildman–Crippen LogP) is 1.04. The van der Waals surface area contributed by atoms with Crippen molar-refractivity contribution < 1.29 is 4.79 Å². The van der Waals surface area contributed by atoms with Crippen molar-refractivity contribution in [2.45, 2.75) is 6.92 Å². The standard InChI is InChI=1S/C11H15N5OS/c1-3-16(6-8(12)17)9-7-4-5-18-10(7)15-11(13-2)14-9/h4-5H,3,6H2,1-2H3,(H2,12,17)(H,13,14,15). The van der Waals surface area contributed by atoms with Gasteiger partial charge in [0.15, 0.2) is 0 Å². The summed E-state index contributed by atoms with van der Waals surface area (Å²) in [6.07, 6.45) is 0. The lowest BCUT2D eigenvalue weighted by Gasteiger charge is -2.21. The zero-order valence-electron chi connectivity index (χ0n) is 10.3. The molecule has 18 heavy (non-hydrogen) atoms. The van der Waals surface area contributed by atoms with Crippen LogP contribution in [0.4, 0.5) is 11.8 Å². The van der Waals surface area contributed by atoms with Gasteiger partial charge >= 0.3 is 0 Å². The first-order valence-electron chi connectivity index (χ1n) is 5.62. The van der Waals surface area contributed by atoms with Crippen molar-refractivity contribution >= 4 is 39.2 Å². The molecule has 0 radical (unpaired) electrons. The number of carbonyl (C=O) groups excluding carboxylic acids is 1. The average Bonchev–Trinajstić information content (AvgIpc) is 2.82. The lowest BCUT2D eigenvalue weighted by molar-refractivity contribution is -0.116. The Labute approximate surface area is 109 Å². The Balaban J connectivity index is 2.52. The first kappa shape index (κ1) is 12.6. The zero-order valence-corrected chi connectivity index (χ0v) is 11.1. The van der Waals surface area contributed by atoms with E-state index >= 15 is 0 Å². The minimum atomic E-state index is -0.371. The first-order chi connectivity index (χ1) is 8.65. The molecular formula is C11H15N5OS. The van der Waals surface area contributed by atoms with Crippen molar-refractivity contribution in [2.75, 3.05) is 30.4 Å². The minimum absolute atomic E-state index is 0.154. The first-order valence-corrected chi connectivity index (χ1v) is 6.50. The van der Waals surface area contributed by atoms with E-state index in [9.17, 15) is 4.79 Å². The average molecular weight is 265 g/mol. The molecule has 2 aromatic heterocycles. The normalized spacial score (nSPS) is 10.6. The van der Waals surface area contributed by atoms with Gasteiger partial charge in [0, 0.05) is 13.6 Å². The summed E-state index contributed by atoms with van der Waals surface area (Å²) >= 11 is 1.54. The van der Waals surface area contributed by atoms with Crippen molar-refractivity contribution in [2.24, 2.45) is 5.73 Å². The number of hydrogen-bond acceptors (Lipinski definition) is 6. The molecule has 2 heterocycles. The van der Waals surface area contributed by atoms with Crippen LogP contribution in [0.3, 0.4) is 0 Å². The molecule has 7 heteroatoms. The Bertz CT molecular complexity index is 568. The lowest BCUT2D eigenvalue weighted by Crippen LogP contribution is -2.34. The number of nitrogens with zero attached hydrogens (tertiary/aromatic N) is 3. The summed E-state index contributed by atoms with van der Waals surface area (Å²) in [6, 6.07) is 1.96. The van der Waals surface area contributed by atoms with Gasteiger partial charge in [-0.1, -0.05) is 0 Å². The Morgan fingerprint density at radius 2 is 2.33 bits per heavy atom. The van der Waals surface area contributed by atoms with E-state index in [1.807, 2.05) is 23.3 Å². The molecule has 0 bridgehead atoms. The maximum Gasteiger partial charge on any atom is 0.236 e. The Morgan fingerprint density at radius 1 is 1.56 bits per heavy atom. The quantitative estimate of drug-likeness (QED) is 0.844. The molecule has 0 unspecified atom stereocenters. The summed E-state index contributed by atoms with van der Waals surface area (Å²) in [5.41, 5.74) is 5.26. The molecule has 0 saturated heterocycles. The number of carbonyl (C=O) groups is 1. The third-order valence-corrected chi connectivity index (χ3v) is 3.36. The largest absolute Gasteiger partial charge is 0.368 e. The van der Waals surface area contributed by atoms with E-state index in [1.165, 1.54) is 0 Å². The molecule has 0 aliphatic heterocycles. The summed E-state index contributed by atoms with van der Waals surface area (Å²) in [5, 5.41) is 5.83. The Hall–Kier alpha value is -1.89. The molecule has 0 aliphatic rings. The maximum atomic E-state index is 11.1. The fourth-order valence-corrected chi connectivity index (χ4v) is 2.48. The van der Waals surface area contributed by atoms with E-state index < -0.39 is 0 Å². The second-order valence-electron chi connectivity index (χ2n) is 3.74. The van der Waals surface area contributed by atoms with Gasteiger partial charge in [-0.15, -0.1) is 11.3 Å². The third-order valence-electron chi connectivity index (χ3n) is 2.56. The molecule has 0 saturated carbocycles. The fraction of sp³-hybridized carbons (Fsp3) is 0.364. The highest BCUT2D eigenvalue weighted by molar-refractivity contribution is 7.16. The van der Waals surface area contributed by atoms with Crippen LogP contribution in [-0.4, -0.2) is 36.0 Å². The fourth-order valence-electron chi connectivity index (χ4n) is 1.72. The number of aromatic nitrogens is 2. The van der Waals surface area contributed by atoms with E-state index in [0.717, 1.165) is 16.0 Å². The van der Waals surface area contributed by atoms with Gasteiger partial charge in [0.1, 0.15) is 10.6 Å². The van der Waals surface area contributed by atoms with Crippen LogP contribution in [0.25, 0.3) is 10.2 Å². The van der Waals surface area contributed by atoms with Crippen LogP contribution in [0.2, 0.25) is 0 Å². The van der Waals surface area contributed by atoms with Crippen LogP contribution in [0, 0.1) is 0 Å². The number of rotatable bonds is 5. The number of thiophene rings is 1. The van der Waals surface area contributed by atoms with E-state index in [1.54, 1.807) is 18.4 Å². The number of hydrogen-bond donors (Lipinski definition) is 2. The highest BCUT2D eigenvalue weighted by Gasteiger charge is 2.15. The molecule has 1 amide bonds. The lowest BCUT2D eigenvalue weighted by atomic mass is 10.3. The van der Waals surface area contributed by atoms with Gasteiger partial charge in [-0.3, -0.25) is 4.79 Å². The van der Waals surface area contributed by atoms with Crippen LogP contribution in [0.15, 0.2) is 11.4 Å². The van der Waals surface area contributed by atoms with Gasteiger partial charge in [-0.25, -0.2) is 4.98 Å². The van der Waals surface area contributed by atoms with Crippen LogP contribution in [0.1, 0.15) is 6.92 Å². The maximum absolute atomic E-state index is 11.1. The summed E-state index contributed by atoms with van der Waals surface area (Å²) < 4.78 is 0. The summed E-state index contributed by atoms with van der Waals surface area (Å²) in [7, 11) is 1.77. The Morgan fingerprint density at radius 3 is 2.94 bits per heavy atom. The van der Waals surface area contributed by atoms with Gasteiger partial charge in [-0.2, -0.15) is 4.98 Å². The predicted molar refractivity (Wildman–Crippen MR) is 74.0 cm³/mol. The highest BCUT2D eigenvalue weighted by atomic mass is 32.1. The number of likely N-dealkylation sites (N-methyl/N-ethyl adjacent to an activating group) is 1. The molecule has 96 valence electrons. The van der Waals surface area contributed by atoms with Crippen LogP contribution < -0.4 is 16.0 Å². The number of fused-ring (bicyclic) bond motifs is 1. The van der Waals surface area contributed by atoms with Gasteiger partial charge in [0.2, 0.25) is 11.9 Å². The minimum Gasteiger partial charge on any atom is -0.368 e. The van der Waals surface area contributed by atoms with Crippen molar-refractivity contribution in [1.82, 2.24) is 9.97 Å². The summed E-state index contributed by atoms with van der Waals surface area (Å²) in [6.45, 7) is 2.78. The van der Waals surface area contributed by atoms with Crippen molar-refractivity contribution in [3.63, 3.8) is 0 Å². The number of nitrogens with one attached hydrogen (secondary N) is 1. The van der Waals surface area contributed by atoms with E-state index in [-0.39, 0.29) is 12.5 Å². The Kier molecular flexibility index (Phi) is 3.61. The number of nitrogens with two attached hydrogens (primary N) is 1. The van der Waals surface area contributed by atoms with Crippen LogP contribution in [-0.2, 0) is 4.79 Å². The monoisotopic (exact) mass is 265 g/mol. The molecule has 2 rings (SSSR count). The number of primary amides is 1. The highest BCUT2D eigenvalue weighted by Crippen LogP contribution is 2.28. The van der Waals surface area contributed by atoms with E-state index in [4.69, 9.17) is 5.73 Å². The smallest absolute Gasteiger partial charge is 0.236 e. The van der Waals surface area contributed by atoms with E-state index in [0.29, 0.717) is 12.5 Å². The molecule has 6 nitrogen and oxygen atoms in total. The van der Waals surface area contributed by atoms with Gasteiger partial charge in [0.05, 0.1) is 11.9 Å². The van der Waals surface area contributed by atoms with Gasteiger partial charge in [0.25, 0.3) is 0 Å². The van der Waals surface area contributed by atoms with Crippen LogP contribution >= 0.6 is 11.3 Å². The molecule has 0 atom stereocenters. The second-order valence-corrected chi connectivity index (χ2v) is 4.64. The second kappa shape index (κ2) is 5.18. The zero-order chi connectivity index (χ0) is 13.1. The molecule has 0 aliphatic carbocycles. The van der Waals surface area contributed by atoms with Gasteiger partial charge in [-0.05, 0) is 18.4 Å². The molecule has 0 spiro atoms. The number of anilines is 2. The van der Waals surface area contributed by atoms with Crippen LogP contribution in [0.5, 0.6) is 0 Å². The summed E-state index contributed by atoms with van der Waals surface area (Å²) in [5.74, 6) is 0.916. The molecule has 2 aromatic rings. The summed E-state index contributed by atoms with van der Waals surface area (Å²) in [4.78, 5) is 22.6.